The first kappa shape index (κ1) is 13.4. The lowest BCUT2D eigenvalue weighted by atomic mass is 9.88. The second kappa shape index (κ2) is 5.73. The molecule has 0 spiro atoms. The van der Waals surface area contributed by atoms with Crippen molar-refractivity contribution in [2.24, 2.45) is 5.92 Å². The molecule has 0 unspecified atom stereocenters. The number of phenols is 1. The van der Waals surface area contributed by atoms with E-state index in [9.17, 15) is 14.7 Å². The second-order valence-electron chi connectivity index (χ2n) is 4.86. The fourth-order valence-electron chi connectivity index (χ4n) is 2.40. The van der Waals surface area contributed by atoms with Crippen LogP contribution in [0.1, 0.15) is 42.5 Å². The largest absolute Gasteiger partial charge is 0.507 e. The van der Waals surface area contributed by atoms with Gasteiger partial charge in [-0.3, -0.25) is 4.79 Å². The molecule has 5 heteroatoms. The molecule has 5 nitrogen and oxygen atoms in total. The fourth-order valence-corrected chi connectivity index (χ4v) is 2.40. The number of amides is 1. The molecule has 1 aromatic rings. The predicted molar refractivity (Wildman–Crippen MR) is 70.3 cm³/mol. The number of hydrogen-bond donors (Lipinski definition) is 3. The van der Waals surface area contributed by atoms with Crippen molar-refractivity contribution >= 4 is 17.6 Å². The summed E-state index contributed by atoms with van der Waals surface area (Å²) in [7, 11) is 0. The normalized spacial score (nSPS) is 16.0. The average molecular weight is 263 g/mol. The molecule has 0 aromatic heterocycles. The maximum atomic E-state index is 12.0. The molecule has 1 saturated carbocycles. The summed E-state index contributed by atoms with van der Waals surface area (Å²) in [5.41, 5.74) is 0.258. The van der Waals surface area contributed by atoms with E-state index in [-0.39, 0.29) is 23.1 Å². The minimum atomic E-state index is -1.19. The number of anilines is 1. The summed E-state index contributed by atoms with van der Waals surface area (Å²) in [6, 6.07) is 4.04. The molecule has 0 heterocycles. The van der Waals surface area contributed by atoms with Gasteiger partial charge in [0.05, 0.1) is 0 Å². The van der Waals surface area contributed by atoms with Crippen molar-refractivity contribution in [1.82, 2.24) is 0 Å². The average Bonchev–Trinajstić information content (AvgIpc) is 2.39. The van der Waals surface area contributed by atoms with Gasteiger partial charge in [-0.25, -0.2) is 4.79 Å². The van der Waals surface area contributed by atoms with Gasteiger partial charge in [-0.2, -0.15) is 0 Å². The van der Waals surface area contributed by atoms with Crippen LogP contribution in [0.3, 0.4) is 0 Å². The van der Waals surface area contributed by atoms with E-state index in [0.717, 1.165) is 25.7 Å². The SMILES string of the molecule is O=C(O)c1ccc(NC(=O)C2CCCCC2)cc1O. The lowest BCUT2D eigenvalue weighted by molar-refractivity contribution is -0.120. The molecule has 0 aliphatic heterocycles. The molecular weight excluding hydrogens is 246 g/mol. The van der Waals surface area contributed by atoms with E-state index >= 15 is 0 Å². The summed E-state index contributed by atoms with van der Waals surface area (Å²) in [6.45, 7) is 0. The van der Waals surface area contributed by atoms with Crippen LogP contribution in [0.5, 0.6) is 5.75 Å². The maximum Gasteiger partial charge on any atom is 0.339 e. The van der Waals surface area contributed by atoms with Crippen molar-refractivity contribution < 1.29 is 19.8 Å². The van der Waals surface area contributed by atoms with Crippen LogP contribution in [-0.2, 0) is 4.79 Å². The monoisotopic (exact) mass is 263 g/mol. The van der Waals surface area contributed by atoms with Crippen molar-refractivity contribution in [3.63, 3.8) is 0 Å². The summed E-state index contributed by atoms with van der Waals surface area (Å²) in [5, 5.41) is 21.1. The van der Waals surface area contributed by atoms with Crippen molar-refractivity contribution in [1.29, 1.82) is 0 Å². The zero-order chi connectivity index (χ0) is 13.8. The van der Waals surface area contributed by atoms with Crippen LogP contribution in [0.4, 0.5) is 5.69 Å². The predicted octanol–water partition coefficient (Wildman–Crippen LogP) is 2.61. The Morgan fingerprint density at radius 3 is 2.42 bits per heavy atom. The van der Waals surface area contributed by atoms with Crippen LogP contribution in [0.25, 0.3) is 0 Å². The van der Waals surface area contributed by atoms with Crippen LogP contribution in [0.15, 0.2) is 18.2 Å². The minimum absolute atomic E-state index is 0.0232. The molecule has 3 N–H and O–H groups in total. The second-order valence-corrected chi connectivity index (χ2v) is 4.86. The Kier molecular flexibility index (Phi) is 4.04. The number of aromatic carboxylic acids is 1. The van der Waals surface area contributed by atoms with Gasteiger partial charge in [0.1, 0.15) is 11.3 Å². The van der Waals surface area contributed by atoms with Gasteiger partial charge in [0.25, 0.3) is 0 Å². The van der Waals surface area contributed by atoms with Crippen LogP contribution in [0.2, 0.25) is 0 Å². The van der Waals surface area contributed by atoms with E-state index in [2.05, 4.69) is 5.32 Å². The van der Waals surface area contributed by atoms with E-state index in [1.165, 1.54) is 24.6 Å². The molecule has 1 fully saturated rings. The number of hydrogen-bond acceptors (Lipinski definition) is 3. The van der Waals surface area contributed by atoms with E-state index in [1.807, 2.05) is 0 Å². The highest BCUT2D eigenvalue weighted by atomic mass is 16.4. The van der Waals surface area contributed by atoms with E-state index in [1.54, 1.807) is 0 Å². The standard InChI is InChI=1S/C14H17NO4/c16-12-8-10(6-7-11(12)14(18)19)15-13(17)9-4-2-1-3-5-9/h6-9,16H,1-5H2,(H,15,17)(H,18,19). The van der Waals surface area contributed by atoms with Gasteiger partial charge >= 0.3 is 5.97 Å². The number of carbonyl (C=O) groups excluding carboxylic acids is 1. The molecule has 0 radical (unpaired) electrons. The Labute approximate surface area is 111 Å². The molecule has 19 heavy (non-hydrogen) atoms. The van der Waals surface area contributed by atoms with Gasteiger partial charge in [0.15, 0.2) is 0 Å². The zero-order valence-electron chi connectivity index (χ0n) is 10.6. The molecule has 102 valence electrons. The first-order valence-electron chi connectivity index (χ1n) is 6.45. The molecule has 1 aliphatic rings. The van der Waals surface area contributed by atoms with E-state index < -0.39 is 5.97 Å². The van der Waals surface area contributed by atoms with Gasteiger partial charge in [-0.15, -0.1) is 0 Å². The van der Waals surface area contributed by atoms with E-state index in [0.29, 0.717) is 5.69 Å². The van der Waals surface area contributed by atoms with Crippen molar-refractivity contribution in [3.8, 4) is 5.75 Å². The summed E-state index contributed by atoms with van der Waals surface area (Å²) in [6.07, 6.45) is 5.11. The summed E-state index contributed by atoms with van der Waals surface area (Å²) < 4.78 is 0. The Morgan fingerprint density at radius 1 is 1.16 bits per heavy atom. The van der Waals surface area contributed by atoms with Gasteiger partial charge in [-0.1, -0.05) is 19.3 Å². The summed E-state index contributed by atoms with van der Waals surface area (Å²) in [5.74, 6) is -1.56. The number of benzene rings is 1. The third-order valence-corrected chi connectivity index (χ3v) is 3.47. The lowest BCUT2D eigenvalue weighted by Gasteiger charge is -2.20. The van der Waals surface area contributed by atoms with Gasteiger partial charge in [0.2, 0.25) is 5.91 Å². The van der Waals surface area contributed by atoms with Gasteiger partial charge < -0.3 is 15.5 Å². The molecule has 1 aromatic carbocycles. The Balaban J connectivity index is 2.04. The summed E-state index contributed by atoms with van der Waals surface area (Å²) in [4.78, 5) is 22.7. The van der Waals surface area contributed by atoms with Gasteiger partial charge in [0, 0.05) is 17.7 Å². The highest BCUT2D eigenvalue weighted by molar-refractivity contribution is 5.95. The smallest absolute Gasteiger partial charge is 0.339 e. The summed E-state index contributed by atoms with van der Waals surface area (Å²) >= 11 is 0. The molecule has 1 aliphatic carbocycles. The highest BCUT2D eigenvalue weighted by Gasteiger charge is 2.21. The molecule has 1 amide bonds. The maximum absolute atomic E-state index is 12.0. The third kappa shape index (κ3) is 3.24. The van der Waals surface area contributed by atoms with Gasteiger partial charge in [-0.05, 0) is 25.0 Å². The Hall–Kier alpha value is -2.04. The Morgan fingerprint density at radius 2 is 1.84 bits per heavy atom. The molecule has 0 atom stereocenters. The van der Waals surface area contributed by atoms with Crippen molar-refractivity contribution in [2.45, 2.75) is 32.1 Å². The molecule has 0 bridgehead atoms. The van der Waals surface area contributed by atoms with E-state index in [4.69, 9.17) is 5.11 Å². The third-order valence-electron chi connectivity index (χ3n) is 3.47. The van der Waals surface area contributed by atoms with Crippen LogP contribution >= 0.6 is 0 Å². The number of carbonyl (C=O) groups is 2. The van der Waals surface area contributed by atoms with Crippen LogP contribution in [0, 0.1) is 5.92 Å². The van der Waals surface area contributed by atoms with Crippen LogP contribution < -0.4 is 5.32 Å². The lowest BCUT2D eigenvalue weighted by Crippen LogP contribution is -2.24. The van der Waals surface area contributed by atoms with Crippen LogP contribution in [-0.4, -0.2) is 22.1 Å². The fraction of sp³-hybridized carbons (Fsp3) is 0.429. The number of rotatable bonds is 3. The number of carboxylic acid groups (broad SMARTS) is 1. The highest BCUT2D eigenvalue weighted by Crippen LogP contribution is 2.26. The van der Waals surface area contributed by atoms with Crippen molar-refractivity contribution in [2.75, 3.05) is 5.32 Å². The first-order chi connectivity index (χ1) is 9.08. The number of aromatic hydroxyl groups is 1. The van der Waals surface area contributed by atoms with Crippen molar-refractivity contribution in [3.05, 3.63) is 23.8 Å². The quantitative estimate of drug-likeness (QED) is 0.782. The molecule has 2 rings (SSSR count). The topological polar surface area (TPSA) is 86.6 Å². The number of carboxylic acids is 1. The molecule has 0 saturated heterocycles. The Bertz CT molecular complexity index is 492. The number of nitrogens with one attached hydrogen (secondary N) is 1. The minimum Gasteiger partial charge on any atom is -0.507 e. The zero-order valence-corrected chi connectivity index (χ0v) is 10.6. The first-order valence-corrected chi connectivity index (χ1v) is 6.45. The molecular formula is C14H17NO4.